The summed E-state index contributed by atoms with van der Waals surface area (Å²) in [4.78, 5) is 40.0. The average Bonchev–Trinajstić information content (AvgIpc) is 3.29. The normalized spacial score (nSPS) is 20.9. The molecule has 2 aliphatic rings. The molecule has 0 radical (unpaired) electrons. The van der Waals surface area contributed by atoms with E-state index in [0.29, 0.717) is 26.3 Å². The van der Waals surface area contributed by atoms with Gasteiger partial charge in [-0.25, -0.2) is 4.79 Å². The van der Waals surface area contributed by atoms with Gasteiger partial charge in [0.2, 0.25) is 0 Å². The lowest BCUT2D eigenvalue weighted by molar-refractivity contribution is -0.125. The van der Waals surface area contributed by atoms with E-state index in [1.165, 1.54) is 21.1 Å². The van der Waals surface area contributed by atoms with Crippen LogP contribution in [0.3, 0.4) is 0 Å². The second-order valence-corrected chi connectivity index (χ2v) is 8.45. The molecular weight excluding hydrogens is 418 g/mol. The Balaban J connectivity index is 1.43. The molecule has 3 amide bonds. The summed E-state index contributed by atoms with van der Waals surface area (Å²) >= 11 is 7.03. The summed E-state index contributed by atoms with van der Waals surface area (Å²) in [5, 5.41) is 2.75. The van der Waals surface area contributed by atoms with E-state index in [2.05, 4.69) is 5.32 Å². The Labute approximate surface area is 175 Å². The number of cyclic esters (lactones) is 1. The molecule has 0 saturated carbocycles. The van der Waals surface area contributed by atoms with Crippen molar-refractivity contribution in [3.05, 3.63) is 39.5 Å². The highest BCUT2D eigenvalue weighted by atomic mass is 35.5. The van der Waals surface area contributed by atoms with Gasteiger partial charge in [0, 0.05) is 13.1 Å². The van der Waals surface area contributed by atoms with Gasteiger partial charge in [0.1, 0.15) is 11.9 Å². The number of anilines is 2. The predicted octanol–water partition coefficient (Wildman–Crippen LogP) is 2.90. The minimum absolute atomic E-state index is 0.131. The summed E-state index contributed by atoms with van der Waals surface area (Å²) in [5.74, 6) is 0.130. The second kappa shape index (κ2) is 7.57. The minimum Gasteiger partial charge on any atom is -0.479 e. The van der Waals surface area contributed by atoms with Crippen LogP contribution in [0, 0.1) is 0 Å². The molecule has 1 unspecified atom stereocenters. The molecular formula is C19H18ClN3O5S. The average molecular weight is 436 g/mol. The number of likely N-dealkylation sites (N-methyl/N-ethyl adjacent to an activating group) is 1. The predicted molar refractivity (Wildman–Crippen MR) is 109 cm³/mol. The fourth-order valence-electron chi connectivity index (χ4n) is 3.24. The van der Waals surface area contributed by atoms with Crippen molar-refractivity contribution in [2.75, 3.05) is 29.9 Å². The van der Waals surface area contributed by atoms with Crippen LogP contribution in [0.15, 0.2) is 30.3 Å². The van der Waals surface area contributed by atoms with Crippen molar-refractivity contribution in [3.63, 3.8) is 0 Å². The lowest BCUT2D eigenvalue weighted by atomic mass is 10.1. The first kappa shape index (κ1) is 19.5. The molecule has 2 aliphatic heterocycles. The van der Waals surface area contributed by atoms with Crippen LogP contribution in [0.25, 0.3) is 0 Å². The van der Waals surface area contributed by atoms with Gasteiger partial charge in [-0.2, -0.15) is 0 Å². The van der Waals surface area contributed by atoms with Crippen LogP contribution >= 0.6 is 22.9 Å². The Morgan fingerprint density at radius 1 is 1.28 bits per heavy atom. The SMILES string of the molecule is CC1Oc2cc(N3C[C@H](CNC(=O)c4ccc(Cl)s4)OC3=O)ccc2N(C)C1=O. The molecule has 1 saturated heterocycles. The number of halogens is 1. The third kappa shape index (κ3) is 3.75. The van der Waals surface area contributed by atoms with Crippen molar-refractivity contribution < 1.29 is 23.9 Å². The maximum atomic E-state index is 12.3. The van der Waals surface area contributed by atoms with Gasteiger partial charge in [0.05, 0.1) is 33.7 Å². The molecule has 2 aromatic rings. The zero-order valence-electron chi connectivity index (χ0n) is 15.7. The number of hydrogen-bond donors (Lipinski definition) is 1. The summed E-state index contributed by atoms with van der Waals surface area (Å²) in [6.45, 7) is 2.15. The van der Waals surface area contributed by atoms with Crippen LogP contribution in [0.1, 0.15) is 16.6 Å². The monoisotopic (exact) mass is 435 g/mol. The number of nitrogens with zero attached hydrogens (tertiary/aromatic N) is 2. The molecule has 0 bridgehead atoms. The summed E-state index contributed by atoms with van der Waals surface area (Å²) in [6.07, 6.45) is -1.58. The molecule has 4 rings (SSSR count). The van der Waals surface area contributed by atoms with Gasteiger partial charge in [-0.15, -0.1) is 11.3 Å². The lowest BCUT2D eigenvalue weighted by Gasteiger charge is -2.31. The summed E-state index contributed by atoms with van der Waals surface area (Å²) in [6, 6.07) is 8.48. The number of nitrogens with one attached hydrogen (secondary N) is 1. The Morgan fingerprint density at radius 2 is 2.07 bits per heavy atom. The van der Waals surface area contributed by atoms with Crippen molar-refractivity contribution in [2.45, 2.75) is 19.1 Å². The van der Waals surface area contributed by atoms with Crippen molar-refractivity contribution in [1.82, 2.24) is 5.32 Å². The highest BCUT2D eigenvalue weighted by molar-refractivity contribution is 7.18. The second-order valence-electron chi connectivity index (χ2n) is 6.74. The number of carbonyl (C=O) groups excluding carboxylic acids is 3. The van der Waals surface area contributed by atoms with Crippen molar-refractivity contribution >= 4 is 52.2 Å². The highest BCUT2D eigenvalue weighted by Crippen LogP contribution is 2.37. The zero-order valence-corrected chi connectivity index (χ0v) is 17.2. The van der Waals surface area contributed by atoms with Gasteiger partial charge >= 0.3 is 6.09 Å². The van der Waals surface area contributed by atoms with Crippen LogP contribution in [-0.4, -0.2) is 50.3 Å². The Hall–Kier alpha value is -2.78. The van der Waals surface area contributed by atoms with Gasteiger partial charge in [-0.05, 0) is 31.2 Å². The molecule has 1 aromatic carbocycles. The van der Waals surface area contributed by atoms with Gasteiger partial charge < -0.3 is 19.7 Å². The van der Waals surface area contributed by atoms with E-state index in [1.54, 1.807) is 44.3 Å². The smallest absolute Gasteiger partial charge is 0.414 e. The fourth-order valence-corrected chi connectivity index (χ4v) is 4.20. The maximum Gasteiger partial charge on any atom is 0.414 e. The third-order valence-electron chi connectivity index (χ3n) is 4.76. The first-order valence-electron chi connectivity index (χ1n) is 8.93. The molecule has 1 N–H and O–H groups in total. The number of hydrogen-bond acceptors (Lipinski definition) is 6. The molecule has 1 aromatic heterocycles. The van der Waals surface area contributed by atoms with Crippen LogP contribution in [-0.2, 0) is 9.53 Å². The Morgan fingerprint density at radius 3 is 2.79 bits per heavy atom. The molecule has 10 heteroatoms. The van der Waals surface area contributed by atoms with Crippen LogP contribution in [0.5, 0.6) is 5.75 Å². The van der Waals surface area contributed by atoms with E-state index in [4.69, 9.17) is 21.1 Å². The van der Waals surface area contributed by atoms with Gasteiger partial charge in [0.25, 0.3) is 11.8 Å². The van der Waals surface area contributed by atoms with E-state index in [1.807, 2.05) is 0 Å². The number of thiophene rings is 1. The Kier molecular flexibility index (Phi) is 5.10. The number of ether oxygens (including phenoxy) is 2. The minimum atomic E-state index is -0.595. The largest absolute Gasteiger partial charge is 0.479 e. The molecule has 1 fully saturated rings. The number of amides is 3. The van der Waals surface area contributed by atoms with Gasteiger partial charge in [-0.3, -0.25) is 14.5 Å². The molecule has 29 heavy (non-hydrogen) atoms. The molecule has 8 nitrogen and oxygen atoms in total. The number of carbonyl (C=O) groups is 3. The van der Waals surface area contributed by atoms with E-state index in [9.17, 15) is 14.4 Å². The van der Waals surface area contributed by atoms with E-state index < -0.39 is 18.3 Å². The molecule has 152 valence electrons. The quantitative estimate of drug-likeness (QED) is 0.797. The third-order valence-corrected chi connectivity index (χ3v) is 5.99. The summed E-state index contributed by atoms with van der Waals surface area (Å²) in [5.41, 5.74) is 1.24. The van der Waals surface area contributed by atoms with Crippen molar-refractivity contribution in [2.24, 2.45) is 0 Å². The van der Waals surface area contributed by atoms with Crippen molar-refractivity contribution in [1.29, 1.82) is 0 Å². The summed E-state index contributed by atoms with van der Waals surface area (Å²) in [7, 11) is 1.68. The number of fused-ring (bicyclic) bond motifs is 1. The molecule has 3 heterocycles. The highest BCUT2D eigenvalue weighted by Gasteiger charge is 2.35. The zero-order chi connectivity index (χ0) is 20.7. The molecule has 0 spiro atoms. The van der Waals surface area contributed by atoms with Gasteiger partial charge in [0.15, 0.2) is 6.10 Å². The van der Waals surface area contributed by atoms with Gasteiger partial charge in [-0.1, -0.05) is 11.6 Å². The molecule has 2 atom stereocenters. The van der Waals surface area contributed by atoms with E-state index >= 15 is 0 Å². The van der Waals surface area contributed by atoms with E-state index in [-0.39, 0.29) is 24.9 Å². The van der Waals surface area contributed by atoms with Crippen molar-refractivity contribution in [3.8, 4) is 5.75 Å². The van der Waals surface area contributed by atoms with Crippen LogP contribution in [0.4, 0.5) is 16.2 Å². The standard InChI is InChI=1S/C19H18ClN3O5S/c1-10-18(25)22(2)13-4-3-11(7-14(13)27-10)23-9-12(28-19(23)26)8-21-17(24)15-5-6-16(20)29-15/h3-7,10,12H,8-9H2,1-2H3,(H,21,24)/t10?,12-/m0/s1. The summed E-state index contributed by atoms with van der Waals surface area (Å²) < 4.78 is 11.6. The van der Waals surface area contributed by atoms with Crippen LogP contribution in [0.2, 0.25) is 4.34 Å². The first-order chi connectivity index (χ1) is 13.8. The first-order valence-corrected chi connectivity index (χ1v) is 10.1. The topological polar surface area (TPSA) is 88.2 Å². The van der Waals surface area contributed by atoms with E-state index in [0.717, 1.165) is 0 Å². The fraction of sp³-hybridized carbons (Fsp3) is 0.316. The number of benzene rings is 1. The number of rotatable bonds is 4. The maximum absolute atomic E-state index is 12.3. The lowest BCUT2D eigenvalue weighted by Crippen LogP contribution is -2.42. The Bertz CT molecular complexity index is 994. The van der Waals surface area contributed by atoms with Crippen LogP contribution < -0.4 is 19.9 Å². The molecule has 0 aliphatic carbocycles.